The average molecular weight is 447 g/mol. The molecule has 0 saturated carbocycles. The Morgan fingerprint density at radius 3 is 2.28 bits per heavy atom. The van der Waals surface area contributed by atoms with Gasteiger partial charge in [0.15, 0.2) is 0 Å². The van der Waals surface area contributed by atoms with Crippen LogP contribution in [0.15, 0.2) is 77.7 Å². The number of carboxylic acids is 1. The van der Waals surface area contributed by atoms with Gasteiger partial charge in [0, 0.05) is 28.1 Å². The minimum atomic E-state index is -0.951. The van der Waals surface area contributed by atoms with E-state index in [9.17, 15) is 4.79 Å². The maximum atomic E-state index is 10.9. The summed E-state index contributed by atoms with van der Waals surface area (Å²) in [5.41, 5.74) is 4.45. The van der Waals surface area contributed by atoms with Gasteiger partial charge < -0.3 is 14.6 Å². The van der Waals surface area contributed by atoms with Crippen molar-refractivity contribution in [2.24, 2.45) is 0 Å². The molecule has 164 valence electrons. The van der Waals surface area contributed by atoms with Crippen molar-refractivity contribution < 1.29 is 19.4 Å². The Hall–Kier alpha value is -3.18. The number of methoxy groups -OCH3 is 2. The minimum Gasteiger partial charge on any atom is -0.497 e. The van der Waals surface area contributed by atoms with E-state index in [0.717, 1.165) is 28.9 Å². The molecule has 2 atom stereocenters. The third-order valence-electron chi connectivity index (χ3n) is 6.13. The molecule has 4 nitrogen and oxygen atoms in total. The average Bonchev–Trinajstić information content (AvgIpc) is 2.83. The second kappa shape index (κ2) is 9.13. The van der Waals surface area contributed by atoms with Crippen molar-refractivity contribution >= 4 is 23.8 Å². The number of carboxylic acid groups (broad SMARTS) is 1. The molecular weight excluding hydrogens is 420 g/mol. The van der Waals surface area contributed by atoms with Crippen molar-refractivity contribution in [1.82, 2.24) is 0 Å². The molecule has 1 heterocycles. The first-order valence-electron chi connectivity index (χ1n) is 10.4. The van der Waals surface area contributed by atoms with Crippen LogP contribution < -0.4 is 9.47 Å². The zero-order valence-electron chi connectivity index (χ0n) is 18.4. The number of benzene rings is 3. The van der Waals surface area contributed by atoms with E-state index < -0.39 is 5.97 Å². The van der Waals surface area contributed by atoms with E-state index in [1.54, 1.807) is 20.3 Å². The molecule has 5 heteroatoms. The van der Waals surface area contributed by atoms with Crippen LogP contribution in [0.4, 0.5) is 0 Å². The number of hydrogen-bond acceptors (Lipinski definition) is 4. The van der Waals surface area contributed by atoms with Gasteiger partial charge >= 0.3 is 5.97 Å². The fraction of sp³-hybridized carbons (Fsp3) is 0.222. The molecule has 3 aromatic carbocycles. The van der Waals surface area contributed by atoms with Crippen LogP contribution in [0.25, 0.3) is 6.08 Å². The van der Waals surface area contributed by atoms with E-state index >= 15 is 0 Å². The Kier molecular flexibility index (Phi) is 6.28. The zero-order chi connectivity index (χ0) is 22.7. The van der Waals surface area contributed by atoms with E-state index in [2.05, 4.69) is 43.3 Å². The number of ether oxygens (including phenoxy) is 2. The molecule has 0 aliphatic carbocycles. The molecule has 32 heavy (non-hydrogen) atoms. The number of rotatable bonds is 6. The molecule has 4 rings (SSSR count). The summed E-state index contributed by atoms with van der Waals surface area (Å²) < 4.78 is 10.8. The third-order valence-corrected chi connectivity index (χ3v) is 7.54. The lowest BCUT2D eigenvalue weighted by Crippen LogP contribution is -2.36. The van der Waals surface area contributed by atoms with Gasteiger partial charge in [-0.15, -0.1) is 11.8 Å². The molecule has 3 aromatic rings. The van der Waals surface area contributed by atoms with Crippen molar-refractivity contribution in [3.8, 4) is 11.5 Å². The molecule has 1 unspecified atom stereocenters. The van der Waals surface area contributed by atoms with Crippen molar-refractivity contribution in [2.45, 2.75) is 23.2 Å². The van der Waals surface area contributed by atoms with Gasteiger partial charge in [0.25, 0.3) is 0 Å². The monoisotopic (exact) mass is 446 g/mol. The quantitative estimate of drug-likeness (QED) is 0.471. The first-order valence-corrected chi connectivity index (χ1v) is 11.4. The van der Waals surface area contributed by atoms with Crippen LogP contribution in [0.3, 0.4) is 0 Å². The van der Waals surface area contributed by atoms with Crippen molar-refractivity contribution in [2.75, 3.05) is 20.0 Å². The largest absolute Gasteiger partial charge is 0.497 e. The normalized spacial score (nSPS) is 20.0. The topological polar surface area (TPSA) is 55.8 Å². The van der Waals surface area contributed by atoms with Crippen LogP contribution in [-0.2, 0) is 10.2 Å². The van der Waals surface area contributed by atoms with E-state index in [0.29, 0.717) is 0 Å². The SMILES string of the molecule is COc1ccc([C@@]2(C)CSc3cc(OC)ccc3C2c2ccc(/C=C/C(=O)O)cc2)cc1. The summed E-state index contributed by atoms with van der Waals surface area (Å²) in [6, 6.07) is 22.8. The first kappa shape index (κ1) is 22.0. The Morgan fingerprint density at radius 2 is 1.66 bits per heavy atom. The molecule has 0 spiro atoms. The van der Waals surface area contributed by atoms with Gasteiger partial charge in [-0.05, 0) is 52.6 Å². The summed E-state index contributed by atoms with van der Waals surface area (Å²) >= 11 is 1.86. The first-order chi connectivity index (χ1) is 15.4. The lowest BCUT2D eigenvalue weighted by atomic mass is 9.67. The van der Waals surface area contributed by atoms with Crippen LogP contribution in [0.2, 0.25) is 0 Å². The van der Waals surface area contributed by atoms with Crippen LogP contribution in [-0.4, -0.2) is 31.0 Å². The van der Waals surface area contributed by atoms with Crippen LogP contribution in [0.1, 0.15) is 35.1 Å². The fourth-order valence-corrected chi connectivity index (χ4v) is 5.74. The maximum absolute atomic E-state index is 10.9. The number of fused-ring (bicyclic) bond motifs is 1. The van der Waals surface area contributed by atoms with E-state index in [-0.39, 0.29) is 11.3 Å². The Labute approximate surface area is 192 Å². The summed E-state index contributed by atoms with van der Waals surface area (Å²) in [6.07, 6.45) is 2.78. The number of thioether (sulfide) groups is 1. The van der Waals surface area contributed by atoms with Crippen LogP contribution in [0.5, 0.6) is 11.5 Å². The second-order valence-corrected chi connectivity index (χ2v) is 9.13. The van der Waals surface area contributed by atoms with Gasteiger partial charge in [-0.1, -0.05) is 49.4 Å². The maximum Gasteiger partial charge on any atom is 0.328 e. The summed E-state index contributed by atoms with van der Waals surface area (Å²) in [5, 5.41) is 8.91. The molecule has 0 aromatic heterocycles. The summed E-state index contributed by atoms with van der Waals surface area (Å²) in [6.45, 7) is 2.32. The second-order valence-electron chi connectivity index (χ2n) is 8.11. The molecule has 0 fully saturated rings. The fourth-order valence-electron chi connectivity index (χ4n) is 4.40. The van der Waals surface area contributed by atoms with E-state index in [1.165, 1.54) is 21.6 Å². The molecule has 1 aliphatic heterocycles. The highest BCUT2D eigenvalue weighted by molar-refractivity contribution is 7.99. The summed E-state index contributed by atoms with van der Waals surface area (Å²) in [4.78, 5) is 12.1. The van der Waals surface area contributed by atoms with Crippen LogP contribution in [0, 0.1) is 0 Å². The predicted molar refractivity (Wildman–Crippen MR) is 129 cm³/mol. The predicted octanol–water partition coefficient (Wildman–Crippen LogP) is 6.00. The third kappa shape index (κ3) is 4.26. The highest BCUT2D eigenvalue weighted by Crippen LogP contribution is 2.53. The summed E-state index contributed by atoms with van der Waals surface area (Å²) in [7, 11) is 3.37. The van der Waals surface area contributed by atoms with Gasteiger partial charge in [0.05, 0.1) is 14.2 Å². The van der Waals surface area contributed by atoms with Gasteiger partial charge in [0.1, 0.15) is 11.5 Å². The van der Waals surface area contributed by atoms with Gasteiger partial charge in [-0.25, -0.2) is 4.79 Å². The highest BCUT2D eigenvalue weighted by Gasteiger charge is 2.42. The standard InChI is InChI=1S/C27H26O4S/c1-27(20-9-11-21(30-2)12-10-20)17-32-24-16-22(31-3)13-14-23(24)26(27)19-7-4-18(5-8-19)6-15-25(28)29/h4-16,26H,17H2,1-3H3,(H,28,29)/b15-6+/t26?,27-/m1/s1. The highest BCUT2D eigenvalue weighted by atomic mass is 32.2. The number of carbonyl (C=O) groups is 1. The molecule has 0 amide bonds. The zero-order valence-corrected chi connectivity index (χ0v) is 19.2. The smallest absolute Gasteiger partial charge is 0.328 e. The van der Waals surface area contributed by atoms with Gasteiger partial charge in [0.2, 0.25) is 0 Å². The van der Waals surface area contributed by atoms with Crippen molar-refractivity contribution in [3.63, 3.8) is 0 Å². The summed E-state index contributed by atoms with van der Waals surface area (Å²) in [5.74, 6) is 1.81. The Balaban J connectivity index is 1.81. The van der Waals surface area contributed by atoms with E-state index in [4.69, 9.17) is 14.6 Å². The number of hydrogen-bond donors (Lipinski definition) is 1. The molecule has 1 N–H and O–H groups in total. The lowest BCUT2D eigenvalue weighted by molar-refractivity contribution is -0.131. The molecule has 0 radical (unpaired) electrons. The molecule has 0 bridgehead atoms. The molecule has 0 saturated heterocycles. The van der Waals surface area contributed by atoms with E-state index in [1.807, 2.05) is 42.1 Å². The van der Waals surface area contributed by atoms with Gasteiger partial charge in [-0.3, -0.25) is 0 Å². The lowest BCUT2D eigenvalue weighted by Gasteiger charge is -2.43. The molecule has 1 aliphatic rings. The number of aliphatic carboxylic acids is 1. The Bertz CT molecular complexity index is 1140. The van der Waals surface area contributed by atoms with Crippen molar-refractivity contribution in [3.05, 3.63) is 95.1 Å². The van der Waals surface area contributed by atoms with Gasteiger partial charge in [-0.2, -0.15) is 0 Å². The Morgan fingerprint density at radius 1 is 1.00 bits per heavy atom. The minimum absolute atomic E-state index is 0.135. The molecular formula is C27H26O4S. The van der Waals surface area contributed by atoms with Crippen LogP contribution >= 0.6 is 11.8 Å². The van der Waals surface area contributed by atoms with Crippen molar-refractivity contribution in [1.29, 1.82) is 0 Å².